The summed E-state index contributed by atoms with van der Waals surface area (Å²) in [5.74, 6) is 0.633. The molecule has 0 saturated carbocycles. The molecule has 2 N–H and O–H groups in total. The van der Waals surface area contributed by atoms with E-state index in [1.165, 1.54) is 0 Å². The zero-order valence-corrected chi connectivity index (χ0v) is 15.0. The van der Waals surface area contributed by atoms with Gasteiger partial charge in [0.15, 0.2) is 0 Å². The Morgan fingerprint density at radius 1 is 1.12 bits per heavy atom. The Bertz CT molecular complexity index is 675. The van der Waals surface area contributed by atoms with Crippen molar-refractivity contribution in [1.29, 1.82) is 0 Å². The number of carbonyl (C=O) groups is 1. The first-order valence-electron chi connectivity index (χ1n) is 7.80. The zero-order chi connectivity index (χ0) is 17.4. The van der Waals surface area contributed by atoms with E-state index in [0.717, 1.165) is 24.3 Å². The summed E-state index contributed by atoms with van der Waals surface area (Å²) in [5, 5.41) is 6.72. The van der Waals surface area contributed by atoms with Gasteiger partial charge in [-0.15, -0.1) is 0 Å². The number of halogens is 2. The first-order valence-corrected chi connectivity index (χ1v) is 8.55. The SMILES string of the molecule is CCCCOc1ccc(NCC(=O)Nc2ccc(Cl)cc2Cl)cc1. The summed E-state index contributed by atoms with van der Waals surface area (Å²) in [6.45, 7) is 2.97. The summed E-state index contributed by atoms with van der Waals surface area (Å²) in [5.41, 5.74) is 1.38. The van der Waals surface area contributed by atoms with Gasteiger partial charge in [0.05, 0.1) is 23.9 Å². The summed E-state index contributed by atoms with van der Waals surface area (Å²) in [6.07, 6.45) is 2.14. The highest BCUT2D eigenvalue weighted by Gasteiger charge is 2.06. The maximum atomic E-state index is 12.0. The summed E-state index contributed by atoms with van der Waals surface area (Å²) in [6, 6.07) is 12.5. The van der Waals surface area contributed by atoms with Crippen LogP contribution in [0.3, 0.4) is 0 Å². The molecule has 2 aromatic carbocycles. The van der Waals surface area contributed by atoms with Crippen LogP contribution in [0.4, 0.5) is 11.4 Å². The van der Waals surface area contributed by atoms with E-state index in [1.807, 2.05) is 24.3 Å². The molecule has 0 aliphatic heterocycles. The van der Waals surface area contributed by atoms with Crippen molar-refractivity contribution in [2.75, 3.05) is 23.8 Å². The Labute approximate surface area is 152 Å². The molecule has 0 atom stereocenters. The number of benzene rings is 2. The van der Waals surface area contributed by atoms with Crippen LogP contribution < -0.4 is 15.4 Å². The molecule has 0 fully saturated rings. The molecule has 0 radical (unpaired) electrons. The molecule has 1 amide bonds. The second kappa shape index (κ2) is 9.40. The number of hydrogen-bond donors (Lipinski definition) is 2. The molecular formula is C18H20Cl2N2O2. The fourth-order valence-electron chi connectivity index (χ4n) is 1.97. The number of unbranched alkanes of at least 4 members (excludes halogenated alkanes) is 1. The van der Waals surface area contributed by atoms with Crippen LogP contribution in [0.1, 0.15) is 19.8 Å². The van der Waals surface area contributed by atoms with Crippen LogP contribution in [-0.2, 0) is 4.79 Å². The molecule has 0 aliphatic carbocycles. The molecule has 0 spiro atoms. The van der Waals surface area contributed by atoms with Crippen LogP contribution >= 0.6 is 23.2 Å². The second-order valence-electron chi connectivity index (χ2n) is 5.25. The van der Waals surface area contributed by atoms with Crippen molar-refractivity contribution in [2.45, 2.75) is 19.8 Å². The summed E-state index contributed by atoms with van der Waals surface area (Å²) >= 11 is 11.9. The highest BCUT2D eigenvalue weighted by molar-refractivity contribution is 6.36. The Morgan fingerprint density at radius 2 is 1.88 bits per heavy atom. The van der Waals surface area contributed by atoms with Crippen LogP contribution in [-0.4, -0.2) is 19.1 Å². The molecule has 0 saturated heterocycles. The Hall–Kier alpha value is -1.91. The minimum absolute atomic E-state index is 0.134. The van der Waals surface area contributed by atoms with Gasteiger partial charge in [-0.05, 0) is 48.9 Å². The lowest BCUT2D eigenvalue weighted by molar-refractivity contribution is -0.114. The van der Waals surface area contributed by atoms with E-state index in [1.54, 1.807) is 18.2 Å². The highest BCUT2D eigenvalue weighted by Crippen LogP contribution is 2.25. The average Bonchev–Trinajstić information content (AvgIpc) is 2.57. The maximum Gasteiger partial charge on any atom is 0.243 e. The van der Waals surface area contributed by atoms with Crippen LogP contribution in [0, 0.1) is 0 Å². The molecule has 24 heavy (non-hydrogen) atoms. The molecular weight excluding hydrogens is 347 g/mol. The van der Waals surface area contributed by atoms with E-state index in [9.17, 15) is 4.79 Å². The molecule has 128 valence electrons. The van der Waals surface area contributed by atoms with Crippen molar-refractivity contribution in [3.05, 3.63) is 52.5 Å². The van der Waals surface area contributed by atoms with E-state index < -0.39 is 0 Å². The first-order chi connectivity index (χ1) is 11.6. The maximum absolute atomic E-state index is 12.0. The van der Waals surface area contributed by atoms with Crippen molar-refractivity contribution in [3.8, 4) is 5.75 Å². The predicted molar refractivity (Wildman–Crippen MR) is 100 cm³/mol. The lowest BCUT2D eigenvalue weighted by Crippen LogP contribution is -2.21. The van der Waals surface area contributed by atoms with Crippen LogP contribution in [0.5, 0.6) is 5.75 Å². The van der Waals surface area contributed by atoms with Crippen LogP contribution in [0.15, 0.2) is 42.5 Å². The molecule has 4 nitrogen and oxygen atoms in total. The number of hydrogen-bond acceptors (Lipinski definition) is 3. The number of rotatable bonds is 8. The molecule has 0 bridgehead atoms. The van der Waals surface area contributed by atoms with Gasteiger partial charge in [-0.2, -0.15) is 0 Å². The average molecular weight is 367 g/mol. The third kappa shape index (κ3) is 5.95. The van der Waals surface area contributed by atoms with Gasteiger partial charge in [0, 0.05) is 10.7 Å². The monoisotopic (exact) mass is 366 g/mol. The van der Waals surface area contributed by atoms with E-state index in [4.69, 9.17) is 27.9 Å². The molecule has 0 unspecified atom stereocenters. The fourth-order valence-corrected chi connectivity index (χ4v) is 2.43. The van der Waals surface area contributed by atoms with E-state index in [-0.39, 0.29) is 12.5 Å². The third-order valence-electron chi connectivity index (χ3n) is 3.28. The van der Waals surface area contributed by atoms with E-state index in [2.05, 4.69) is 17.6 Å². The fraction of sp³-hybridized carbons (Fsp3) is 0.278. The summed E-state index contributed by atoms with van der Waals surface area (Å²) < 4.78 is 5.60. The number of carbonyl (C=O) groups excluding carboxylic acids is 1. The number of nitrogens with one attached hydrogen (secondary N) is 2. The highest BCUT2D eigenvalue weighted by atomic mass is 35.5. The summed E-state index contributed by atoms with van der Waals surface area (Å²) in [7, 11) is 0. The second-order valence-corrected chi connectivity index (χ2v) is 6.10. The van der Waals surface area contributed by atoms with Gasteiger partial charge in [0.25, 0.3) is 0 Å². The topological polar surface area (TPSA) is 50.4 Å². The van der Waals surface area contributed by atoms with Crippen LogP contribution in [0.2, 0.25) is 10.0 Å². The summed E-state index contributed by atoms with van der Waals surface area (Å²) in [4.78, 5) is 12.0. The predicted octanol–water partition coefficient (Wildman–Crippen LogP) is 5.22. The van der Waals surface area contributed by atoms with Gasteiger partial charge >= 0.3 is 0 Å². The van der Waals surface area contributed by atoms with Gasteiger partial charge in [0.1, 0.15) is 5.75 Å². The standard InChI is InChI=1S/C18H20Cl2N2O2/c1-2-3-10-24-15-7-5-14(6-8-15)21-12-18(23)22-17-9-4-13(19)11-16(17)20/h4-9,11,21H,2-3,10,12H2,1H3,(H,22,23). The lowest BCUT2D eigenvalue weighted by atomic mass is 10.3. The van der Waals surface area contributed by atoms with Crippen molar-refractivity contribution >= 4 is 40.5 Å². The number of amides is 1. The van der Waals surface area contributed by atoms with E-state index in [0.29, 0.717) is 22.3 Å². The molecule has 2 aromatic rings. The van der Waals surface area contributed by atoms with Gasteiger partial charge in [0.2, 0.25) is 5.91 Å². The van der Waals surface area contributed by atoms with Crippen molar-refractivity contribution in [1.82, 2.24) is 0 Å². The van der Waals surface area contributed by atoms with Gasteiger partial charge in [-0.3, -0.25) is 4.79 Å². The van der Waals surface area contributed by atoms with Gasteiger partial charge in [-0.1, -0.05) is 36.5 Å². The molecule has 2 rings (SSSR count). The van der Waals surface area contributed by atoms with Crippen LogP contribution in [0.25, 0.3) is 0 Å². The van der Waals surface area contributed by atoms with Crippen molar-refractivity contribution < 1.29 is 9.53 Å². The Morgan fingerprint density at radius 3 is 2.54 bits per heavy atom. The number of ether oxygens (including phenoxy) is 1. The quantitative estimate of drug-likeness (QED) is 0.629. The largest absolute Gasteiger partial charge is 0.494 e. The molecule has 6 heteroatoms. The lowest BCUT2D eigenvalue weighted by Gasteiger charge is -2.10. The number of anilines is 2. The first kappa shape index (κ1) is 18.4. The Kier molecular flexibility index (Phi) is 7.22. The smallest absolute Gasteiger partial charge is 0.243 e. The van der Waals surface area contributed by atoms with Crippen molar-refractivity contribution in [3.63, 3.8) is 0 Å². The normalized spacial score (nSPS) is 10.3. The third-order valence-corrected chi connectivity index (χ3v) is 3.83. The minimum Gasteiger partial charge on any atom is -0.494 e. The molecule has 0 heterocycles. The van der Waals surface area contributed by atoms with E-state index >= 15 is 0 Å². The molecule has 0 aromatic heterocycles. The van der Waals surface area contributed by atoms with Gasteiger partial charge in [-0.25, -0.2) is 0 Å². The Balaban J connectivity index is 1.81. The molecule has 0 aliphatic rings. The zero-order valence-electron chi connectivity index (χ0n) is 13.4. The van der Waals surface area contributed by atoms with Crippen molar-refractivity contribution in [2.24, 2.45) is 0 Å². The van der Waals surface area contributed by atoms with Gasteiger partial charge < -0.3 is 15.4 Å². The minimum atomic E-state index is -0.192.